The molecule has 0 radical (unpaired) electrons. The molecule has 0 N–H and O–H groups in total. The van der Waals surface area contributed by atoms with Crippen LogP contribution in [0.25, 0.3) is 0 Å². The van der Waals surface area contributed by atoms with E-state index in [4.69, 9.17) is 0 Å². The fourth-order valence-electron chi connectivity index (χ4n) is 2.19. The van der Waals surface area contributed by atoms with Gasteiger partial charge in [-0.3, -0.25) is 4.98 Å². The van der Waals surface area contributed by atoms with Gasteiger partial charge in [0.1, 0.15) is 0 Å². The van der Waals surface area contributed by atoms with E-state index in [0.717, 1.165) is 23.1 Å². The van der Waals surface area contributed by atoms with Crippen LogP contribution in [0.1, 0.15) is 23.6 Å². The molecule has 0 spiro atoms. The van der Waals surface area contributed by atoms with Crippen LogP contribution >= 0.6 is 15.9 Å². The summed E-state index contributed by atoms with van der Waals surface area (Å²) >= 11 is 3.66. The molecule has 0 saturated heterocycles. The number of aromatic nitrogens is 1. The van der Waals surface area contributed by atoms with Crippen LogP contribution in [-0.2, 0) is 0 Å². The zero-order chi connectivity index (χ0) is 13.7. The van der Waals surface area contributed by atoms with E-state index < -0.39 is 0 Å². The minimum absolute atomic E-state index is 0.333. The van der Waals surface area contributed by atoms with Gasteiger partial charge in [0.2, 0.25) is 0 Å². The number of hydrogen-bond donors (Lipinski definition) is 0. The van der Waals surface area contributed by atoms with E-state index in [1.807, 2.05) is 12.3 Å². The van der Waals surface area contributed by atoms with Crippen molar-refractivity contribution >= 4 is 15.9 Å². The normalized spacial score (nSPS) is 12.6. The second-order valence-corrected chi connectivity index (χ2v) is 5.77. The van der Waals surface area contributed by atoms with Crippen molar-refractivity contribution in [3.05, 3.63) is 64.4 Å². The van der Waals surface area contributed by atoms with Crippen molar-refractivity contribution in [1.29, 1.82) is 0 Å². The zero-order valence-corrected chi connectivity index (χ0v) is 13.0. The molecule has 2 rings (SSSR count). The molecule has 19 heavy (non-hydrogen) atoms. The Morgan fingerprint density at radius 3 is 2.47 bits per heavy atom. The number of rotatable bonds is 5. The van der Waals surface area contributed by atoms with Crippen LogP contribution in [0.5, 0.6) is 0 Å². The first-order valence-corrected chi connectivity index (χ1v) is 7.28. The molecule has 0 fully saturated rings. The van der Waals surface area contributed by atoms with Crippen LogP contribution in [0.3, 0.4) is 0 Å². The Morgan fingerprint density at radius 1 is 1.11 bits per heavy atom. The summed E-state index contributed by atoms with van der Waals surface area (Å²) in [6.45, 7) is 1.04. The second-order valence-electron chi connectivity index (χ2n) is 4.92. The van der Waals surface area contributed by atoms with Gasteiger partial charge in [0.15, 0.2) is 0 Å². The Morgan fingerprint density at radius 2 is 1.84 bits per heavy atom. The Bertz CT molecular complexity index is 511. The largest absolute Gasteiger partial charge is 0.309 e. The molecule has 2 nitrogen and oxygen atoms in total. The predicted molar refractivity (Wildman–Crippen MR) is 83.4 cm³/mol. The highest BCUT2D eigenvalue weighted by Gasteiger charge is 2.17. The summed E-state index contributed by atoms with van der Waals surface area (Å²) < 4.78 is 1.16. The van der Waals surface area contributed by atoms with Crippen LogP contribution in [0.2, 0.25) is 0 Å². The van der Waals surface area contributed by atoms with Gasteiger partial charge in [-0.15, -0.1) is 0 Å². The molecule has 3 heteroatoms. The molecular formula is C16H19BrN2. The van der Waals surface area contributed by atoms with Crippen LogP contribution in [-0.4, -0.2) is 30.5 Å². The van der Waals surface area contributed by atoms with Crippen molar-refractivity contribution in [3.63, 3.8) is 0 Å². The topological polar surface area (TPSA) is 16.1 Å². The average Bonchev–Trinajstić information content (AvgIpc) is 2.42. The summed E-state index contributed by atoms with van der Waals surface area (Å²) in [5, 5.41) is 0. The molecule has 0 saturated carbocycles. The lowest BCUT2D eigenvalue weighted by Crippen LogP contribution is -2.17. The second kappa shape index (κ2) is 6.83. The van der Waals surface area contributed by atoms with Crippen LogP contribution < -0.4 is 0 Å². The Labute approximate surface area is 123 Å². The molecular weight excluding hydrogens is 300 g/mol. The van der Waals surface area contributed by atoms with Gasteiger partial charge in [0, 0.05) is 22.3 Å². The summed E-state index contributed by atoms with van der Waals surface area (Å²) in [6.07, 6.45) is 2.93. The summed E-state index contributed by atoms with van der Waals surface area (Å²) in [4.78, 5) is 6.75. The Balaban J connectivity index is 2.32. The molecule has 1 atom stereocenters. The lowest BCUT2D eigenvalue weighted by molar-refractivity contribution is 0.389. The Hall–Kier alpha value is -1.19. The van der Waals surface area contributed by atoms with Gasteiger partial charge in [-0.2, -0.15) is 0 Å². The van der Waals surface area contributed by atoms with E-state index in [0.29, 0.717) is 5.92 Å². The zero-order valence-electron chi connectivity index (χ0n) is 11.4. The third-order valence-electron chi connectivity index (χ3n) is 3.19. The van der Waals surface area contributed by atoms with E-state index >= 15 is 0 Å². The number of benzene rings is 1. The van der Waals surface area contributed by atoms with Crippen LogP contribution in [0.15, 0.2) is 53.1 Å². The minimum atomic E-state index is 0.333. The van der Waals surface area contributed by atoms with Gasteiger partial charge in [0.25, 0.3) is 0 Å². The van der Waals surface area contributed by atoms with Gasteiger partial charge >= 0.3 is 0 Å². The van der Waals surface area contributed by atoms with Crippen LogP contribution in [0.4, 0.5) is 0 Å². The lowest BCUT2D eigenvalue weighted by atomic mass is 9.92. The number of halogens is 1. The van der Waals surface area contributed by atoms with Crippen molar-refractivity contribution in [2.24, 2.45) is 0 Å². The first-order valence-electron chi connectivity index (χ1n) is 6.48. The van der Waals surface area contributed by atoms with Gasteiger partial charge in [-0.25, -0.2) is 0 Å². The maximum atomic E-state index is 4.54. The first-order chi connectivity index (χ1) is 9.18. The van der Waals surface area contributed by atoms with E-state index in [9.17, 15) is 0 Å². The van der Waals surface area contributed by atoms with Crippen molar-refractivity contribution in [3.8, 4) is 0 Å². The van der Waals surface area contributed by atoms with E-state index in [2.05, 4.69) is 76.3 Å². The van der Waals surface area contributed by atoms with Gasteiger partial charge < -0.3 is 4.90 Å². The molecule has 100 valence electrons. The molecule has 0 aliphatic heterocycles. The molecule has 1 unspecified atom stereocenters. The summed E-state index contributed by atoms with van der Waals surface area (Å²) in [5.74, 6) is 0.333. The predicted octanol–water partition coefficient (Wildman–Crippen LogP) is 3.93. The molecule has 0 bridgehead atoms. The average molecular weight is 319 g/mol. The number of pyridine rings is 1. The minimum Gasteiger partial charge on any atom is -0.309 e. The highest BCUT2D eigenvalue weighted by atomic mass is 79.9. The third kappa shape index (κ3) is 3.88. The molecule has 0 aliphatic carbocycles. The van der Waals surface area contributed by atoms with Crippen molar-refractivity contribution in [1.82, 2.24) is 9.88 Å². The maximum Gasteiger partial charge on any atom is 0.0479 e. The highest BCUT2D eigenvalue weighted by molar-refractivity contribution is 9.10. The number of hydrogen-bond acceptors (Lipinski definition) is 2. The fourth-order valence-corrected chi connectivity index (χ4v) is 2.75. The van der Waals surface area contributed by atoms with Gasteiger partial charge in [0.05, 0.1) is 0 Å². The first kappa shape index (κ1) is 14.2. The Kier molecular flexibility index (Phi) is 5.11. The SMILES string of the molecule is CN(C)CCC(c1ccccn1)c1ccccc1Br. The number of nitrogens with zero attached hydrogens (tertiary/aromatic N) is 2. The van der Waals surface area contributed by atoms with E-state index in [1.165, 1.54) is 5.56 Å². The van der Waals surface area contributed by atoms with Crippen molar-refractivity contribution < 1.29 is 0 Å². The monoisotopic (exact) mass is 318 g/mol. The quantitative estimate of drug-likeness (QED) is 0.830. The molecule has 2 aromatic rings. The summed E-state index contributed by atoms with van der Waals surface area (Å²) in [5.41, 5.74) is 2.44. The van der Waals surface area contributed by atoms with Gasteiger partial charge in [-0.1, -0.05) is 40.2 Å². The molecule has 1 aromatic heterocycles. The smallest absolute Gasteiger partial charge is 0.0479 e. The fraction of sp³-hybridized carbons (Fsp3) is 0.312. The van der Waals surface area contributed by atoms with Crippen LogP contribution in [0, 0.1) is 0 Å². The lowest BCUT2D eigenvalue weighted by Gasteiger charge is -2.20. The van der Waals surface area contributed by atoms with Gasteiger partial charge in [-0.05, 0) is 50.8 Å². The molecule has 0 amide bonds. The third-order valence-corrected chi connectivity index (χ3v) is 3.91. The maximum absolute atomic E-state index is 4.54. The van der Waals surface area contributed by atoms with E-state index in [-0.39, 0.29) is 0 Å². The van der Waals surface area contributed by atoms with E-state index in [1.54, 1.807) is 0 Å². The summed E-state index contributed by atoms with van der Waals surface area (Å²) in [6, 6.07) is 14.6. The van der Waals surface area contributed by atoms with Crippen molar-refractivity contribution in [2.75, 3.05) is 20.6 Å². The summed E-state index contributed by atoms with van der Waals surface area (Å²) in [7, 11) is 4.21. The molecule has 1 aromatic carbocycles. The molecule has 1 heterocycles. The standard InChI is InChI=1S/C16H19BrN2/c1-19(2)12-10-14(16-9-5-6-11-18-16)13-7-3-4-8-15(13)17/h3-9,11,14H,10,12H2,1-2H3. The molecule has 0 aliphatic rings. The van der Waals surface area contributed by atoms with Crippen molar-refractivity contribution in [2.45, 2.75) is 12.3 Å². The highest BCUT2D eigenvalue weighted by Crippen LogP contribution is 2.31.